The fraction of sp³-hybridized carbons (Fsp3) is 0. The number of fused-ring (bicyclic) bond motifs is 9. The van der Waals surface area contributed by atoms with Crippen LogP contribution in [0.4, 0.5) is 0 Å². The second-order valence-electron chi connectivity index (χ2n) is 13.3. The quantitative estimate of drug-likeness (QED) is 0.190. The Morgan fingerprint density at radius 1 is 0.275 bits per heavy atom. The molecular weight excluding hydrogens is 623 g/mol. The standard InChI is InChI=1S/C48H29NO2/c1-4-10-43-37(7-1)38-8-2-5-11-44(38)49(43)36-23-26-48-42(29-36)41-28-35(22-25-47(41)51-48)33-19-15-31(16-20-33)30-13-17-32(18-14-30)34-21-24-46-40(27-34)39-9-3-6-12-45(39)50-46/h1-29H. The molecule has 0 radical (unpaired) electrons. The van der Waals surface area contributed by atoms with Crippen LogP contribution in [0, 0.1) is 0 Å². The lowest BCUT2D eigenvalue weighted by Gasteiger charge is -2.08. The average Bonchev–Trinajstić information content (AvgIpc) is 3.87. The van der Waals surface area contributed by atoms with E-state index in [1.807, 2.05) is 12.1 Å². The first-order chi connectivity index (χ1) is 25.2. The molecule has 0 saturated heterocycles. The minimum absolute atomic E-state index is 0.892. The SMILES string of the molecule is c1ccc2c(c1)oc1ccc(-c3ccc(-c4ccc(-c5ccc6oc7ccc(-n8c9ccccc9c9ccccc98)cc7c6c5)cc4)cc3)cc12. The van der Waals surface area contributed by atoms with Gasteiger partial charge in [0.15, 0.2) is 0 Å². The third kappa shape index (κ3) is 4.38. The lowest BCUT2D eigenvalue weighted by atomic mass is 9.97. The summed E-state index contributed by atoms with van der Waals surface area (Å²) in [6, 6.07) is 62.7. The van der Waals surface area contributed by atoms with Crippen LogP contribution in [0.15, 0.2) is 185 Å². The van der Waals surface area contributed by atoms with Gasteiger partial charge in [0.05, 0.1) is 11.0 Å². The third-order valence-corrected chi connectivity index (χ3v) is 10.4. The summed E-state index contributed by atoms with van der Waals surface area (Å²) in [6.45, 7) is 0. The highest BCUT2D eigenvalue weighted by atomic mass is 16.3. The van der Waals surface area contributed by atoms with Crippen LogP contribution >= 0.6 is 0 Å². The minimum atomic E-state index is 0.892. The first-order valence-corrected chi connectivity index (χ1v) is 17.3. The van der Waals surface area contributed by atoms with E-state index < -0.39 is 0 Å². The van der Waals surface area contributed by atoms with Gasteiger partial charge in [-0.25, -0.2) is 0 Å². The number of aromatic nitrogens is 1. The summed E-state index contributed by atoms with van der Waals surface area (Å²) in [6.07, 6.45) is 0. The van der Waals surface area contributed by atoms with Gasteiger partial charge in [0.25, 0.3) is 0 Å². The van der Waals surface area contributed by atoms with Crippen molar-refractivity contribution in [2.45, 2.75) is 0 Å². The van der Waals surface area contributed by atoms with Gasteiger partial charge in [-0.1, -0.05) is 115 Å². The van der Waals surface area contributed by atoms with Crippen LogP contribution in [0.1, 0.15) is 0 Å². The number of hydrogen-bond donors (Lipinski definition) is 0. The fourth-order valence-electron chi connectivity index (χ4n) is 7.90. The molecule has 0 spiro atoms. The van der Waals surface area contributed by atoms with E-state index in [-0.39, 0.29) is 0 Å². The van der Waals surface area contributed by atoms with Gasteiger partial charge in [0, 0.05) is 38.0 Å². The summed E-state index contributed by atoms with van der Waals surface area (Å²) in [5, 5.41) is 7.04. The van der Waals surface area contributed by atoms with E-state index in [9.17, 15) is 0 Å². The number of nitrogens with zero attached hydrogens (tertiary/aromatic N) is 1. The molecular formula is C48H29NO2. The second-order valence-corrected chi connectivity index (χ2v) is 13.3. The number of hydrogen-bond acceptors (Lipinski definition) is 2. The van der Waals surface area contributed by atoms with Gasteiger partial charge < -0.3 is 13.4 Å². The maximum absolute atomic E-state index is 6.33. The lowest BCUT2D eigenvalue weighted by Crippen LogP contribution is -1.93. The number of furan rings is 2. The summed E-state index contributed by atoms with van der Waals surface area (Å²) in [7, 11) is 0. The van der Waals surface area contributed by atoms with Gasteiger partial charge in [-0.05, 0) is 94.0 Å². The van der Waals surface area contributed by atoms with E-state index in [1.165, 1.54) is 49.6 Å². The predicted molar refractivity (Wildman–Crippen MR) is 212 cm³/mol. The van der Waals surface area contributed by atoms with Crippen LogP contribution < -0.4 is 0 Å². The zero-order valence-electron chi connectivity index (χ0n) is 27.5. The van der Waals surface area contributed by atoms with Gasteiger partial charge in [-0.3, -0.25) is 0 Å². The molecule has 11 aromatic rings. The van der Waals surface area contributed by atoms with Gasteiger partial charge in [0.1, 0.15) is 22.3 Å². The molecule has 0 unspecified atom stereocenters. The van der Waals surface area contributed by atoms with Crippen LogP contribution in [0.5, 0.6) is 0 Å². The first-order valence-electron chi connectivity index (χ1n) is 17.3. The van der Waals surface area contributed by atoms with Crippen molar-refractivity contribution in [3.63, 3.8) is 0 Å². The molecule has 0 fully saturated rings. The normalized spacial score (nSPS) is 11.9. The smallest absolute Gasteiger partial charge is 0.135 e. The monoisotopic (exact) mass is 651 g/mol. The minimum Gasteiger partial charge on any atom is -0.456 e. The zero-order valence-corrected chi connectivity index (χ0v) is 27.5. The largest absolute Gasteiger partial charge is 0.456 e. The number of rotatable bonds is 4. The maximum Gasteiger partial charge on any atom is 0.135 e. The number of para-hydroxylation sites is 3. The van der Waals surface area contributed by atoms with Gasteiger partial charge >= 0.3 is 0 Å². The van der Waals surface area contributed by atoms with Gasteiger partial charge in [-0.2, -0.15) is 0 Å². The van der Waals surface area contributed by atoms with Crippen molar-refractivity contribution in [2.24, 2.45) is 0 Å². The van der Waals surface area contributed by atoms with E-state index in [4.69, 9.17) is 8.83 Å². The second kappa shape index (κ2) is 10.8. The first kappa shape index (κ1) is 28.0. The molecule has 0 aliphatic heterocycles. The Morgan fingerprint density at radius 2 is 0.647 bits per heavy atom. The van der Waals surface area contributed by atoms with E-state index in [2.05, 4.69) is 168 Å². The molecule has 3 nitrogen and oxygen atoms in total. The predicted octanol–water partition coefficient (Wildman–Crippen LogP) is 13.6. The lowest BCUT2D eigenvalue weighted by molar-refractivity contribution is 0.668. The molecule has 0 saturated carbocycles. The van der Waals surface area contributed by atoms with Crippen molar-refractivity contribution in [1.82, 2.24) is 4.57 Å². The summed E-state index contributed by atoms with van der Waals surface area (Å²) in [4.78, 5) is 0. The molecule has 0 amide bonds. The molecule has 0 aliphatic rings. The van der Waals surface area contributed by atoms with Crippen LogP contribution in [0.3, 0.4) is 0 Å². The molecule has 0 N–H and O–H groups in total. The third-order valence-electron chi connectivity index (χ3n) is 10.4. The molecule has 0 bridgehead atoms. The van der Waals surface area contributed by atoms with E-state index in [0.29, 0.717) is 0 Å². The van der Waals surface area contributed by atoms with Crippen LogP contribution in [-0.4, -0.2) is 4.57 Å². The summed E-state index contributed by atoms with van der Waals surface area (Å²) >= 11 is 0. The van der Waals surface area contributed by atoms with Crippen molar-refractivity contribution in [3.05, 3.63) is 176 Å². The Kier molecular flexibility index (Phi) is 5.96. The maximum atomic E-state index is 6.33. The molecule has 3 heteroatoms. The molecule has 51 heavy (non-hydrogen) atoms. The van der Waals surface area contributed by atoms with E-state index in [1.54, 1.807) is 0 Å². The highest BCUT2D eigenvalue weighted by Gasteiger charge is 2.15. The molecule has 11 rings (SSSR count). The highest BCUT2D eigenvalue weighted by molar-refractivity contribution is 6.11. The van der Waals surface area contributed by atoms with Gasteiger partial charge in [0.2, 0.25) is 0 Å². The van der Waals surface area contributed by atoms with Crippen molar-refractivity contribution in [2.75, 3.05) is 0 Å². The Morgan fingerprint density at radius 3 is 1.20 bits per heavy atom. The number of benzene rings is 8. The molecule has 3 aromatic heterocycles. The topological polar surface area (TPSA) is 31.2 Å². The Balaban J connectivity index is 0.921. The Labute approximate surface area is 293 Å². The van der Waals surface area contributed by atoms with Crippen molar-refractivity contribution in [1.29, 1.82) is 0 Å². The van der Waals surface area contributed by atoms with Crippen LogP contribution in [0.2, 0.25) is 0 Å². The van der Waals surface area contributed by atoms with E-state index >= 15 is 0 Å². The summed E-state index contributed by atoms with van der Waals surface area (Å²) < 4.78 is 14.7. The van der Waals surface area contributed by atoms with Crippen molar-refractivity contribution < 1.29 is 8.83 Å². The average molecular weight is 652 g/mol. The van der Waals surface area contributed by atoms with Crippen molar-refractivity contribution in [3.8, 4) is 39.1 Å². The van der Waals surface area contributed by atoms with Crippen LogP contribution in [-0.2, 0) is 0 Å². The van der Waals surface area contributed by atoms with Gasteiger partial charge in [-0.15, -0.1) is 0 Å². The molecule has 0 aliphatic carbocycles. The van der Waals surface area contributed by atoms with E-state index in [0.717, 1.165) is 55.1 Å². The summed E-state index contributed by atoms with van der Waals surface area (Å²) in [5.74, 6) is 0. The Bertz CT molecular complexity index is 3070. The zero-order chi connectivity index (χ0) is 33.5. The van der Waals surface area contributed by atoms with Crippen LogP contribution in [0.25, 0.3) is 105 Å². The van der Waals surface area contributed by atoms with Crippen molar-refractivity contribution >= 4 is 65.7 Å². The molecule has 8 aromatic carbocycles. The highest BCUT2D eigenvalue weighted by Crippen LogP contribution is 2.38. The summed E-state index contributed by atoms with van der Waals surface area (Å²) in [5.41, 5.74) is 14.2. The molecule has 0 atom stereocenters. The Hall–Kier alpha value is -6.84. The fourth-order valence-corrected chi connectivity index (χ4v) is 7.90. The molecule has 238 valence electrons. The molecule has 3 heterocycles.